The fourth-order valence-electron chi connectivity index (χ4n) is 0.995. The van der Waals surface area contributed by atoms with E-state index in [2.05, 4.69) is 6.92 Å². The number of carbonyl (C=O) groups excluding carboxylic acids is 1. The first-order valence-electron chi connectivity index (χ1n) is 3.99. The van der Waals surface area contributed by atoms with Gasteiger partial charge < -0.3 is 4.74 Å². The summed E-state index contributed by atoms with van der Waals surface area (Å²) in [6.07, 6.45) is 0.953. The number of aryl methyl sites for hydroxylation is 1. The number of hydrogen-bond donors (Lipinski definition) is 0. The third-order valence-electron chi connectivity index (χ3n) is 1.57. The monoisotopic (exact) mass is 164 g/mol. The van der Waals surface area contributed by atoms with Crippen molar-refractivity contribution in [2.45, 2.75) is 20.3 Å². The summed E-state index contributed by atoms with van der Waals surface area (Å²) in [5, 5.41) is 0. The topological polar surface area (TPSA) is 26.3 Å². The van der Waals surface area contributed by atoms with Gasteiger partial charge in [-0.15, -0.1) is 0 Å². The first-order chi connectivity index (χ1) is 5.72. The molecule has 1 aromatic rings. The van der Waals surface area contributed by atoms with Crippen LogP contribution >= 0.6 is 0 Å². The lowest BCUT2D eigenvalue weighted by Gasteiger charge is -2.02. The Morgan fingerprint density at radius 1 is 1.50 bits per heavy atom. The van der Waals surface area contributed by atoms with Crippen LogP contribution in [-0.2, 0) is 11.2 Å². The van der Waals surface area contributed by atoms with E-state index in [0.717, 1.165) is 6.42 Å². The molecule has 0 aliphatic carbocycles. The van der Waals surface area contributed by atoms with Gasteiger partial charge in [-0.3, -0.25) is 4.79 Å². The minimum Gasteiger partial charge on any atom is -0.427 e. The van der Waals surface area contributed by atoms with Gasteiger partial charge >= 0.3 is 5.97 Å². The van der Waals surface area contributed by atoms with Crippen molar-refractivity contribution < 1.29 is 9.53 Å². The van der Waals surface area contributed by atoms with Crippen molar-refractivity contribution in [1.29, 1.82) is 0 Å². The fraction of sp³-hybridized carbons (Fsp3) is 0.300. The molecule has 2 heteroatoms. The average Bonchev–Trinajstić information content (AvgIpc) is 2.03. The van der Waals surface area contributed by atoms with Crippen LogP contribution in [0.15, 0.2) is 24.3 Å². The van der Waals surface area contributed by atoms with Crippen molar-refractivity contribution in [3.05, 3.63) is 29.8 Å². The molecule has 1 aromatic carbocycles. The van der Waals surface area contributed by atoms with Crippen LogP contribution in [0.5, 0.6) is 5.75 Å². The molecule has 0 saturated carbocycles. The van der Waals surface area contributed by atoms with E-state index in [1.54, 1.807) is 6.07 Å². The number of hydrogen-bond acceptors (Lipinski definition) is 2. The first-order valence-corrected chi connectivity index (χ1v) is 3.99. The Kier molecular flexibility index (Phi) is 2.86. The zero-order valence-electron chi connectivity index (χ0n) is 7.33. The third-order valence-corrected chi connectivity index (χ3v) is 1.57. The summed E-state index contributed by atoms with van der Waals surface area (Å²) in [4.78, 5) is 10.6. The van der Waals surface area contributed by atoms with Crippen molar-refractivity contribution in [3.8, 4) is 5.75 Å². The molecule has 0 aliphatic rings. The molecule has 0 spiro atoms. The zero-order chi connectivity index (χ0) is 8.97. The van der Waals surface area contributed by atoms with Crippen LogP contribution in [0, 0.1) is 0 Å². The predicted octanol–water partition coefficient (Wildman–Crippen LogP) is 2.17. The van der Waals surface area contributed by atoms with Gasteiger partial charge in [0, 0.05) is 6.92 Å². The lowest BCUT2D eigenvalue weighted by atomic mass is 10.2. The fourth-order valence-corrected chi connectivity index (χ4v) is 0.995. The highest BCUT2D eigenvalue weighted by Crippen LogP contribution is 2.13. The molecule has 0 unspecified atom stereocenters. The summed E-state index contributed by atoms with van der Waals surface area (Å²) < 4.78 is 4.92. The first kappa shape index (κ1) is 8.78. The van der Waals surface area contributed by atoms with E-state index in [1.165, 1.54) is 12.5 Å². The van der Waals surface area contributed by atoms with Crippen LogP contribution in [0.4, 0.5) is 0 Å². The maximum atomic E-state index is 10.6. The van der Waals surface area contributed by atoms with Crippen molar-refractivity contribution in [3.63, 3.8) is 0 Å². The molecule has 0 amide bonds. The number of esters is 1. The van der Waals surface area contributed by atoms with Gasteiger partial charge in [-0.25, -0.2) is 0 Å². The second-order valence-electron chi connectivity index (χ2n) is 2.59. The minimum absolute atomic E-state index is 0.275. The van der Waals surface area contributed by atoms with Crippen LogP contribution < -0.4 is 4.74 Å². The van der Waals surface area contributed by atoms with Crippen LogP contribution in [0.3, 0.4) is 0 Å². The molecule has 64 valence electrons. The van der Waals surface area contributed by atoms with Crippen LogP contribution in [0.1, 0.15) is 19.4 Å². The van der Waals surface area contributed by atoms with E-state index in [9.17, 15) is 4.79 Å². The second kappa shape index (κ2) is 3.90. The predicted molar refractivity (Wildman–Crippen MR) is 47.1 cm³/mol. The SMILES string of the molecule is CCc1cccc(OC(C)=O)c1. The minimum atomic E-state index is -0.275. The molecule has 0 N–H and O–H groups in total. The van der Waals surface area contributed by atoms with Gasteiger partial charge in [0.1, 0.15) is 5.75 Å². The molecular weight excluding hydrogens is 152 g/mol. The van der Waals surface area contributed by atoms with Gasteiger partial charge in [0.2, 0.25) is 0 Å². The Bertz CT molecular complexity index is 279. The highest BCUT2D eigenvalue weighted by atomic mass is 16.5. The smallest absolute Gasteiger partial charge is 0.308 e. The zero-order valence-corrected chi connectivity index (χ0v) is 7.33. The number of benzene rings is 1. The van der Waals surface area contributed by atoms with Crippen molar-refractivity contribution in [2.75, 3.05) is 0 Å². The molecule has 0 bridgehead atoms. The van der Waals surface area contributed by atoms with Gasteiger partial charge in [-0.1, -0.05) is 19.1 Å². The van der Waals surface area contributed by atoms with Gasteiger partial charge in [-0.2, -0.15) is 0 Å². The van der Waals surface area contributed by atoms with Crippen molar-refractivity contribution in [2.24, 2.45) is 0 Å². The molecule has 0 aromatic heterocycles. The second-order valence-corrected chi connectivity index (χ2v) is 2.59. The van der Waals surface area contributed by atoms with Gasteiger partial charge in [0.15, 0.2) is 0 Å². The maximum absolute atomic E-state index is 10.6. The standard InChI is InChI=1S/C10H12O2/c1-3-9-5-4-6-10(7-9)12-8(2)11/h4-7H,3H2,1-2H3. The van der Waals surface area contributed by atoms with E-state index >= 15 is 0 Å². The van der Waals surface area contributed by atoms with Gasteiger partial charge in [-0.05, 0) is 24.1 Å². The average molecular weight is 164 g/mol. The van der Waals surface area contributed by atoms with Crippen molar-refractivity contribution >= 4 is 5.97 Å². The molecule has 1 rings (SSSR count). The Morgan fingerprint density at radius 3 is 2.83 bits per heavy atom. The summed E-state index contributed by atoms with van der Waals surface area (Å²) >= 11 is 0. The van der Waals surface area contributed by atoms with Crippen LogP contribution in [0.2, 0.25) is 0 Å². The maximum Gasteiger partial charge on any atom is 0.308 e. The highest BCUT2D eigenvalue weighted by molar-refractivity contribution is 5.69. The Balaban J connectivity index is 2.79. The van der Waals surface area contributed by atoms with Crippen LogP contribution in [0.25, 0.3) is 0 Å². The molecule has 0 aliphatic heterocycles. The normalized spacial score (nSPS) is 9.50. The summed E-state index contributed by atoms with van der Waals surface area (Å²) in [6.45, 7) is 3.46. The lowest BCUT2D eigenvalue weighted by Crippen LogP contribution is -2.01. The summed E-state index contributed by atoms with van der Waals surface area (Å²) in [5.41, 5.74) is 1.17. The molecule has 0 saturated heterocycles. The molecule has 2 nitrogen and oxygen atoms in total. The summed E-state index contributed by atoms with van der Waals surface area (Å²) in [7, 11) is 0. The third kappa shape index (κ3) is 2.38. The molecule has 0 fully saturated rings. The Morgan fingerprint density at radius 2 is 2.25 bits per heavy atom. The largest absolute Gasteiger partial charge is 0.427 e. The lowest BCUT2D eigenvalue weighted by molar-refractivity contribution is -0.131. The molecule has 0 radical (unpaired) electrons. The van der Waals surface area contributed by atoms with Crippen molar-refractivity contribution in [1.82, 2.24) is 0 Å². The van der Waals surface area contributed by atoms with Gasteiger partial charge in [0.05, 0.1) is 0 Å². The number of rotatable bonds is 2. The summed E-state index contributed by atoms with van der Waals surface area (Å²) in [6, 6.07) is 7.55. The molecule has 0 heterocycles. The molecule has 12 heavy (non-hydrogen) atoms. The molecular formula is C10H12O2. The summed E-state index contributed by atoms with van der Waals surface area (Å²) in [5.74, 6) is 0.352. The Labute approximate surface area is 72.2 Å². The van der Waals surface area contributed by atoms with Crippen LogP contribution in [-0.4, -0.2) is 5.97 Å². The van der Waals surface area contributed by atoms with E-state index in [1.807, 2.05) is 18.2 Å². The van der Waals surface area contributed by atoms with E-state index in [4.69, 9.17) is 4.74 Å². The highest BCUT2D eigenvalue weighted by Gasteiger charge is 1.97. The van der Waals surface area contributed by atoms with Gasteiger partial charge in [0.25, 0.3) is 0 Å². The van der Waals surface area contributed by atoms with E-state index < -0.39 is 0 Å². The van der Waals surface area contributed by atoms with E-state index in [0.29, 0.717) is 5.75 Å². The number of carbonyl (C=O) groups is 1. The number of ether oxygens (including phenoxy) is 1. The Hall–Kier alpha value is -1.31. The molecule has 0 atom stereocenters. The quantitative estimate of drug-likeness (QED) is 0.494. The van der Waals surface area contributed by atoms with E-state index in [-0.39, 0.29) is 5.97 Å².